The molecule has 1 heteroatoms. The van der Waals surface area contributed by atoms with Crippen LogP contribution in [0, 0.1) is 0 Å². The van der Waals surface area contributed by atoms with E-state index >= 15 is 0 Å². The van der Waals surface area contributed by atoms with Gasteiger partial charge in [0, 0.05) is 0 Å². The second kappa shape index (κ2) is 11.4. The summed E-state index contributed by atoms with van der Waals surface area (Å²) < 4.78 is 0. The van der Waals surface area contributed by atoms with Crippen LogP contribution in [0.2, 0.25) is 15.8 Å². The Bertz CT molecular complexity index is 112. The Morgan fingerprint density at radius 2 is 1.43 bits per heavy atom. The van der Waals surface area contributed by atoms with Gasteiger partial charge in [-0.2, -0.15) is 0 Å². The van der Waals surface area contributed by atoms with E-state index in [1.807, 2.05) is 0 Å². The van der Waals surface area contributed by atoms with E-state index in [9.17, 15) is 0 Å². The van der Waals surface area contributed by atoms with Gasteiger partial charge in [-0.05, 0) is 0 Å². The second-order valence-electron chi connectivity index (χ2n) is 4.14. The van der Waals surface area contributed by atoms with Gasteiger partial charge >= 0.3 is 95.1 Å². The van der Waals surface area contributed by atoms with Crippen molar-refractivity contribution in [3.05, 3.63) is 12.7 Å². The molecule has 0 bridgehead atoms. The summed E-state index contributed by atoms with van der Waals surface area (Å²) in [4.78, 5) is 0. The Morgan fingerprint density at radius 1 is 0.929 bits per heavy atom. The van der Waals surface area contributed by atoms with Crippen LogP contribution in [0.15, 0.2) is 12.7 Å². The van der Waals surface area contributed by atoms with E-state index < -0.39 is 14.3 Å². The maximum atomic E-state index is 3.80. The van der Waals surface area contributed by atoms with Crippen molar-refractivity contribution in [2.24, 2.45) is 0 Å². The number of rotatable bonds is 10. The minimum absolute atomic E-state index is 0.617. The Labute approximate surface area is 95.3 Å². The van der Waals surface area contributed by atoms with Crippen LogP contribution in [-0.2, 0) is 0 Å². The number of hydrogen-bond donors (Lipinski definition) is 0. The summed E-state index contributed by atoms with van der Waals surface area (Å²) in [6.07, 6.45) is 10.5. The molecule has 0 nitrogen and oxygen atoms in total. The fraction of sp³-hybridized carbons (Fsp3) is 0.846. The van der Waals surface area contributed by atoms with Gasteiger partial charge in [-0.1, -0.05) is 0 Å². The molecule has 83 valence electrons. The summed E-state index contributed by atoms with van der Waals surface area (Å²) >= 11 is -0.617. The van der Waals surface area contributed by atoms with E-state index in [-0.39, 0.29) is 0 Å². The molecule has 0 aliphatic heterocycles. The van der Waals surface area contributed by atoms with E-state index in [2.05, 4.69) is 26.5 Å². The molecule has 0 aliphatic carbocycles. The van der Waals surface area contributed by atoms with Crippen molar-refractivity contribution < 1.29 is 0 Å². The summed E-state index contributed by atoms with van der Waals surface area (Å²) in [6, 6.07) is 0. The zero-order valence-corrected chi connectivity index (χ0v) is 12.2. The standard InChI is InChI=1S/C13H27Ge/c1-4-7-10-13-14(11-8-5-2)12-9-6-3/h4H,1,5-13H2,2-3H3. The summed E-state index contributed by atoms with van der Waals surface area (Å²) in [5.74, 6) is 0. The zero-order valence-electron chi connectivity index (χ0n) is 10.1. The SMILES string of the molecule is C=CCC[CH2][Ge]([CH2]CCC)[CH2]CCC. The Morgan fingerprint density at radius 3 is 1.86 bits per heavy atom. The second-order valence-corrected chi connectivity index (χ2v) is 10.4. The molecule has 0 N–H and O–H groups in total. The molecule has 0 aliphatic rings. The van der Waals surface area contributed by atoms with Crippen LogP contribution in [0.1, 0.15) is 52.4 Å². The van der Waals surface area contributed by atoms with Crippen molar-refractivity contribution in [3.63, 3.8) is 0 Å². The molecule has 14 heavy (non-hydrogen) atoms. The number of hydrogen-bond acceptors (Lipinski definition) is 0. The van der Waals surface area contributed by atoms with Crippen LogP contribution in [0.3, 0.4) is 0 Å². The first-order chi connectivity index (χ1) is 6.85. The van der Waals surface area contributed by atoms with Crippen LogP contribution in [0.4, 0.5) is 0 Å². The Kier molecular flexibility index (Phi) is 11.6. The van der Waals surface area contributed by atoms with Gasteiger partial charge in [-0.3, -0.25) is 0 Å². The van der Waals surface area contributed by atoms with Gasteiger partial charge in [0.15, 0.2) is 0 Å². The third-order valence-electron chi connectivity index (χ3n) is 2.71. The monoisotopic (exact) mass is 257 g/mol. The van der Waals surface area contributed by atoms with Gasteiger partial charge < -0.3 is 0 Å². The van der Waals surface area contributed by atoms with Crippen LogP contribution >= 0.6 is 0 Å². The molecule has 0 saturated carbocycles. The molecule has 0 spiro atoms. The van der Waals surface area contributed by atoms with Crippen LogP contribution in [0.25, 0.3) is 0 Å². The van der Waals surface area contributed by atoms with Crippen LogP contribution < -0.4 is 0 Å². The molecule has 0 saturated heterocycles. The number of allylic oxidation sites excluding steroid dienone is 1. The molecule has 0 atom stereocenters. The van der Waals surface area contributed by atoms with E-state index in [1.165, 1.54) is 38.5 Å². The summed E-state index contributed by atoms with van der Waals surface area (Å²) in [5, 5.41) is 4.83. The molecule has 0 rings (SSSR count). The first-order valence-electron chi connectivity index (χ1n) is 6.29. The van der Waals surface area contributed by atoms with Crippen molar-refractivity contribution in [1.29, 1.82) is 0 Å². The Hall–Kier alpha value is 0.283. The average molecular weight is 256 g/mol. The molecule has 0 amide bonds. The van der Waals surface area contributed by atoms with Gasteiger partial charge in [0.05, 0.1) is 0 Å². The van der Waals surface area contributed by atoms with Crippen LogP contribution in [-0.4, -0.2) is 14.3 Å². The third-order valence-corrected chi connectivity index (χ3v) is 9.38. The zero-order chi connectivity index (χ0) is 10.6. The fourth-order valence-electron chi connectivity index (χ4n) is 1.72. The third kappa shape index (κ3) is 8.86. The van der Waals surface area contributed by atoms with Crippen molar-refractivity contribution >= 4 is 14.3 Å². The number of unbranched alkanes of at least 4 members (excludes halogenated alkanes) is 3. The molecular weight excluding hydrogens is 229 g/mol. The van der Waals surface area contributed by atoms with Gasteiger partial charge in [0.1, 0.15) is 0 Å². The fourth-order valence-corrected chi connectivity index (χ4v) is 8.36. The molecule has 1 radical (unpaired) electrons. The Balaban J connectivity index is 3.54. The predicted molar refractivity (Wildman–Crippen MR) is 69.4 cm³/mol. The van der Waals surface area contributed by atoms with Gasteiger partial charge in [0.25, 0.3) is 0 Å². The molecule has 0 aromatic heterocycles. The van der Waals surface area contributed by atoms with Crippen molar-refractivity contribution in [2.75, 3.05) is 0 Å². The first kappa shape index (κ1) is 14.3. The maximum absolute atomic E-state index is 3.80. The van der Waals surface area contributed by atoms with Crippen LogP contribution in [0.5, 0.6) is 0 Å². The molecule has 0 unspecified atom stereocenters. The van der Waals surface area contributed by atoms with E-state index in [1.54, 1.807) is 15.8 Å². The summed E-state index contributed by atoms with van der Waals surface area (Å²) in [5.41, 5.74) is 0. The van der Waals surface area contributed by atoms with E-state index in [4.69, 9.17) is 0 Å². The first-order valence-corrected chi connectivity index (χ1v) is 10.7. The van der Waals surface area contributed by atoms with Crippen molar-refractivity contribution in [1.82, 2.24) is 0 Å². The van der Waals surface area contributed by atoms with Gasteiger partial charge in [-0.15, -0.1) is 0 Å². The normalized spacial score (nSPS) is 10.8. The minimum atomic E-state index is -0.617. The average Bonchev–Trinajstić information content (AvgIpc) is 2.21. The predicted octanol–water partition coefficient (Wildman–Crippen LogP) is 5.05. The molecule has 0 aromatic carbocycles. The molecule has 0 fully saturated rings. The quantitative estimate of drug-likeness (QED) is 0.291. The van der Waals surface area contributed by atoms with Gasteiger partial charge in [-0.25, -0.2) is 0 Å². The molecular formula is C13H27Ge. The van der Waals surface area contributed by atoms with Crippen molar-refractivity contribution in [3.8, 4) is 0 Å². The van der Waals surface area contributed by atoms with E-state index in [0.717, 1.165) is 0 Å². The van der Waals surface area contributed by atoms with Gasteiger partial charge in [0.2, 0.25) is 0 Å². The summed E-state index contributed by atoms with van der Waals surface area (Å²) in [6.45, 7) is 8.44. The summed E-state index contributed by atoms with van der Waals surface area (Å²) in [7, 11) is 0. The topological polar surface area (TPSA) is 0 Å². The molecule has 0 heterocycles. The van der Waals surface area contributed by atoms with Crippen molar-refractivity contribution in [2.45, 2.75) is 68.1 Å². The molecule has 0 aromatic rings. The van der Waals surface area contributed by atoms with E-state index in [0.29, 0.717) is 0 Å².